The Hall–Kier alpha value is -1.92. The van der Waals surface area contributed by atoms with Crippen LogP contribution in [-0.4, -0.2) is 91.2 Å². The molecule has 1 aromatic carbocycles. The van der Waals surface area contributed by atoms with E-state index in [1.807, 2.05) is 4.90 Å². The van der Waals surface area contributed by atoms with Crippen LogP contribution in [0.2, 0.25) is 0 Å². The van der Waals surface area contributed by atoms with Crippen LogP contribution in [0.4, 0.5) is 0 Å². The molecule has 39 heavy (non-hydrogen) atoms. The molecule has 1 aliphatic heterocycles. The van der Waals surface area contributed by atoms with Gasteiger partial charge in [-0.1, -0.05) is 52.7 Å². The monoisotopic (exact) mass is 544 g/mol. The summed E-state index contributed by atoms with van der Waals surface area (Å²) in [6, 6.07) is 4.20. The number of quaternary nitrogens is 1. The topological polar surface area (TPSA) is 60.9 Å². The molecule has 1 N–H and O–H groups in total. The van der Waals surface area contributed by atoms with Crippen molar-refractivity contribution in [2.45, 2.75) is 99.0 Å². The minimum atomic E-state index is -0.742. The molecule has 1 aromatic rings. The van der Waals surface area contributed by atoms with Crippen molar-refractivity contribution in [2.24, 2.45) is 11.3 Å². The normalized spacial score (nSPS) is 20.4. The Labute approximate surface area is 239 Å². The van der Waals surface area contributed by atoms with Crippen LogP contribution in [0.25, 0.3) is 0 Å². The zero-order chi connectivity index (χ0) is 29.5. The van der Waals surface area contributed by atoms with Crippen molar-refractivity contribution in [1.29, 1.82) is 0 Å². The van der Waals surface area contributed by atoms with Crippen LogP contribution >= 0.6 is 0 Å². The average Bonchev–Trinajstić information content (AvgIpc) is 3.15. The Morgan fingerprint density at radius 3 is 2.13 bits per heavy atom. The van der Waals surface area contributed by atoms with Crippen LogP contribution in [0.5, 0.6) is 0 Å². The average molecular weight is 545 g/mol. The third-order valence-corrected chi connectivity index (χ3v) is 8.83. The quantitative estimate of drug-likeness (QED) is 0.274. The minimum Gasteiger partial charge on any atom is -0.481 e. The van der Waals surface area contributed by atoms with E-state index in [0.717, 1.165) is 68.2 Å². The van der Waals surface area contributed by atoms with Crippen LogP contribution in [0.1, 0.15) is 94.4 Å². The Morgan fingerprint density at radius 2 is 1.62 bits per heavy atom. The molecule has 222 valence electrons. The van der Waals surface area contributed by atoms with Crippen LogP contribution < -0.4 is 0 Å². The predicted octanol–water partition coefficient (Wildman–Crippen LogP) is 6.02. The Balaban J connectivity index is 2.40. The number of carboxylic acids is 1. The van der Waals surface area contributed by atoms with E-state index >= 15 is 0 Å². The molecular weight excluding hydrogens is 486 g/mol. The maximum atomic E-state index is 13.8. The number of hydrogen-bond donors (Lipinski definition) is 1. The van der Waals surface area contributed by atoms with Crippen molar-refractivity contribution in [1.82, 2.24) is 9.80 Å². The minimum absolute atomic E-state index is 0.00887. The third kappa shape index (κ3) is 9.60. The summed E-state index contributed by atoms with van der Waals surface area (Å²) in [5.41, 5.74) is 4.78. The maximum absolute atomic E-state index is 13.8. The van der Waals surface area contributed by atoms with E-state index in [9.17, 15) is 14.7 Å². The number of hydrogen-bond acceptors (Lipinski definition) is 3. The third-order valence-electron chi connectivity index (χ3n) is 8.83. The number of carbonyl (C=O) groups is 2. The van der Waals surface area contributed by atoms with Gasteiger partial charge in [-0.15, -0.1) is 0 Å². The molecule has 0 radical (unpaired) electrons. The number of benzene rings is 1. The summed E-state index contributed by atoms with van der Waals surface area (Å²) in [6.45, 7) is 18.7. The second kappa shape index (κ2) is 14.1. The lowest BCUT2D eigenvalue weighted by molar-refractivity contribution is -0.870. The number of carbonyl (C=O) groups excluding carboxylic acids is 1. The van der Waals surface area contributed by atoms with Crippen molar-refractivity contribution in [3.05, 3.63) is 34.4 Å². The fraction of sp³-hybridized carbons (Fsp3) is 0.758. The molecule has 0 aromatic heterocycles. The highest BCUT2D eigenvalue weighted by Crippen LogP contribution is 2.44. The first-order valence-electron chi connectivity index (χ1n) is 15.2. The van der Waals surface area contributed by atoms with E-state index in [2.05, 4.69) is 86.6 Å². The van der Waals surface area contributed by atoms with Gasteiger partial charge < -0.3 is 14.5 Å². The molecule has 6 heteroatoms. The molecule has 3 atom stereocenters. The number of carboxylic acid groups (broad SMARTS) is 1. The molecule has 2 rings (SSSR count). The fourth-order valence-electron chi connectivity index (χ4n) is 6.43. The molecule has 0 aliphatic carbocycles. The highest BCUT2D eigenvalue weighted by atomic mass is 16.4. The molecule has 0 bridgehead atoms. The van der Waals surface area contributed by atoms with Crippen molar-refractivity contribution in [3.8, 4) is 0 Å². The van der Waals surface area contributed by atoms with Gasteiger partial charge in [-0.2, -0.15) is 0 Å². The van der Waals surface area contributed by atoms with Crippen LogP contribution in [0.3, 0.4) is 0 Å². The van der Waals surface area contributed by atoms with Crippen LogP contribution in [0, 0.1) is 32.1 Å². The van der Waals surface area contributed by atoms with Crippen molar-refractivity contribution < 1.29 is 19.2 Å². The van der Waals surface area contributed by atoms with E-state index in [1.165, 1.54) is 16.7 Å². The molecule has 0 saturated carbocycles. The first-order valence-corrected chi connectivity index (χ1v) is 15.2. The summed E-state index contributed by atoms with van der Waals surface area (Å²) in [6.07, 6.45) is 5.89. The van der Waals surface area contributed by atoms with Gasteiger partial charge in [0.25, 0.3) is 0 Å². The SMILES string of the molecule is CCCCN(CCC[N+](C)(C)C)C(=O)CN1C[C@H](c2cc(C)c(C)c(C)c2)[C@@H](C(=O)O)[C@@H]1CC(C)(C)CCC. The smallest absolute Gasteiger partial charge is 0.308 e. The molecule has 0 spiro atoms. The standard InChI is InChI=1S/C33H57N3O3/c1-11-13-16-34(17-14-18-36(8,9)10)30(37)23-35-22-28(27-19-24(3)26(5)25(4)20-27)31(32(38)39)29(35)21-33(6,7)15-12-2/h19-20,28-29,31H,11-18,21-23H2,1-10H3/p+1/t28-,29+,31-/m1/s1. The van der Waals surface area contributed by atoms with Crippen molar-refractivity contribution in [2.75, 3.05) is 53.9 Å². The lowest BCUT2D eigenvalue weighted by atomic mass is 9.75. The molecular formula is C33H58N3O3+. The van der Waals surface area contributed by atoms with Crippen molar-refractivity contribution >= 4 is 11.9 Å². The first-order chi connectivity index (χ1) is 18.1. The molecule has 1 fully saturated rings. The number of rotatable bonds is 15. The Morgan fingerprint density at radius 1 is 1.03 bits per heavy atom. The van der Waals surface area contributed by atoms with Crippen molar-refractivity contribution in [3.63, 3.8) is 0 Å². The van der Waals surface area contributed by atoms with Gasteiger partial charge in [0.1, 0.15) is 0 Å². The van der Waals surface area contributed by atoms with Gasteiger partial charge in [0.2, 0.25) is 5.91 Å². The largest absolute Gasteiger partial charge is 0.481 e. The summed E-state index contributed by atoms with van der Waals surface area (Å²) >= 11 is 0. The molecule has 6 nitrogen and oxygen atoms in total. The Bertz CT molecular complexity index is 942. The molecule has 0 unspecified atom stereocenters. The summed E-state index contributed by atoms with van der Waals surface area (Å²) < 4.78 is 0.883. The highest BCUT2D eigenvalue weighted by Gasteiger charge is 2.48. The highest BCUT2D eigenvalue weighted by molar-refractivity contribution is 5.79. The predicted molar refractivity (Wildman–Crippen MR) is 162 cm³/mol. The summed E-state index contributed by atoms with van der Waals surface area (Å²) in [5, 5.41) is 10.6. The molecule has 1 heterocycles. The summed E-state index contributed by atoms with van der Waals surface area (Å²) in [4.78, 5) is 31.0. The second-order valence-corrected chi connectivity index (χ2v) is 14.0. The van der Waals surface area contributed by atoms with Crippen LogP contribution in [-0.2, 0) is 9.59 Å². The lowest BCUT2D eigenvalue weighted by Gasteiger charge is -2.35. The van der Waals surface area contributed by atoms with Crippen LogP contribution in [0.15, 0.2) is 12.1 Å². The first kappa shape index (κ1) is 33.3. The molecule has 1 amide bonds. The number of unbranched alkanes of at least 4 members (excludes halogenated alkanes) is 1. The number of aliphatic carboxylic acids is 1. The van der Waals surface area contributed by atoms with Gasteiger partial charge in [0, 0.05) is 38.0 Å². The van der Waals surface area contributed by atoms with E-state index in [0.29, 0.717) is 13.1 Å². The van der Waals surface area contributed by atoms with E-state index in [-0.39, 0.29) is 23.3 Å². The van der Waals surface area contributed by atoms with E-state index in [1.54, 1.807) is 0 Å². The Kier molecular flexibility index (Phi) is 12.0. The van der Waals surface area contributed by atoms with Gasteiger partial charge in [0.15, 0.2) is 0 Å². The maximum Gasteiger partial charge on any atom is 0.308 e. The van der Waals surface area contributed by atoms with Gasteiger partial charge in [-0.25, -0.2) is 0 Å². The number of aryl methyl sites for hydroxylation is 2. The number of nitrogens with zero attached hydrogens (tertiary/aromatic N) is 3. The second-order valence-electron chi connectivity index (χ2n) is 14.0. The van der Waals surface area contributed by atoms with E-state index < -0.39 is 11.9 Å². The zero-order valence-corrected chi connectivity index (χ0v) is 26.8. The van der Waals surface area contributed by atoms with Gasteiger partial charge in [-0.3, -0.25) is 14.5 Å². The number of amides is 1. The zero-order valence-electron chi connectivity index (χ0n) is 26.8. The molecule has 1 saturated heterocycles. The van der Waals surface area contributed by atoms with Gasteiger partial charge in [-0.05, 0) is 67.7 Å². The lowest BCUT2D eigenvalue weighted by Crippen LogP contribution is -2.46. The van der Waals surface area contributed by atoms with Gasteiger partial charge >= 0.3 is 5.97 Å². The fourth-order valence-corrected chi connectivity index (χ4v) is 6.43. The molecule has 1 aliphatic rings. The number of likely N-dealkylation sites (tertiary alicyclic amines) is 1. The summed E-state index contributed by atoms with van der Waals surface area (Å²) in [7, 11) is 6.56. The van der Waals surface area contributed by atoms with Gasteiger partial charge in [0.05, 0.1) is 40.2 Å². The van der Waals surface area contributed by atoms with E-state index in [4.69, 9.17) is 0 Å². The summed E-state index contributed by atoms with van der Waals surface area (Å²) in [5.74, 6) is -1.26.